The van der Waals surface area contributed by atoms with Crippen molar-refractivity contribution in [1.82, 2.24) is 0 Å². The highest BCUT2D eigenvalue weighted by atomic mass is 16.3. The molecule has 0 fully saturated rings. The van der Waals surface area contributed by atoms with Crippen molar-refractivity contribution in [3.8, 4) is 33.4 Å². The second-order valence-corrected chi connectivity index (χ2v) is 20.0. The Labute approximate surface area is 426 Å². The van der Waals surface area contributed by atoms with Crippen LogP contribution in [0.15, 0.2) is 271 Å². The van der Waals surface area contributed by atoms with Gasteiger partial charge >= 0.3 is 0 Å². The van der Waals surface area contributed by atoms with E-state index in [1.807, 2.05) is 6.07 Å². The Morgan fingerprint density at radius 3 is 1.47 bits per heavy atom. The van der Waals surface area contributed by atoms with Gasteiger partial charge in [0.05, 0.1) is 5.41 Å². The summed E-state index contributed by atoms with van der Waals surface area (Å²) in [6, 6.07) is 97.9. The van der Waals surface area contributed by atoms with Gasteiger partial charge in [0, 0.05) is 56.4 Å². The zero-order valence-corrected chi connectivity index (χ0v) is 40.7. The van der Waals surface area contributed by atoms with Crippen LogP contribution < -0.4 is 9.80 Å². The molecule has 2 aliphatic rings. The Balaban J connectivity index is 0.973. The maximum absolute atomic E-state index is 6.59. The van der Waals surface area contributed by atoms with Crippen molar-refractivity contribution in [2.75, 3.05) is 9.80 Å². The van der Waals surface area contributed by atoms with Crippen LogP contribution in [0.4, 0.5) is 34.1 Å². The third-order valence-electron chi connectivity index (χ3n) is 15.7. The average Bonchev–Trinajstić information content (AvgIpc) is 4.05. The van der Waals surface area contributed by atoms with E-state index in [1.165, 1.54) is 66.8 Å². The molecular formula is C70H50N2O. The van der Waals surface area contributed by atoms with Crippen molar-refractivity contribution in [3.05, 3.63) is 300 Å². The lowest BCUT2D eigenvalue weighted by Gasteiger charge is -2.35. The van der Waals surface area contributed by atoms with Crippen LogP contribution in [-0.2, 0) is 10.8 Å². The zero-order valence-electron chi connectivity index (χ0n) is 40.7. The van der Waals surface area contributed by atoms with Gasteiger partial charge in [0.2, 0.25) is 0 Å². The fraction of sp³-hybridized carbons (Fsp3) is 0.0571. The predicted molar refractivity (Wildman–Crippen MR) is 303 cm³/mol. The van der Waals surface area contributed by atoms with E-state index in [0.29, 0.717) is 0 Å². The second-order valence-electron chi connectivity index (χ2n) is 20.0. The molecule has 346 valence electrons. The maximum Gasteiger partial charge on any atom is 0.137 e. The summed E-state index contributed by atoms with van der Waals surface area (Å²) in [7, 11) is 0. The highest BCUT2D eigenvalue weighted by Crippen LogP contribution is 2.57. The molecule has 3 heteroatoms. The third-order valence-corrected chi connectivity index (χ3v) is 15.7. The Bertz CT molecular complexity index is 4030. The lowest BCUT2D eigenvalue weighted by atomic mass is 9.67. The summed E-state index contributed by atoms with van der Waals surface area (Å²) in [5, 5.41) is 2.22. The number of fused-ring (bicyclic) bond motifs is 9. The van der Waals surface area contributed by atoms with Gasteiger partial charge in [-0.2, -0.15) is 0 Å². The number of para-hydroxylation sites is 1. The number of hydrogen-bond acceptors (Lipinski definition) is 3. The smallest absolute Gasteiger partial charge is 0.137 e. The van der Waals surface area contributed by atoms with Crippen LogP contribution >= 0.6 is 0 Å². The number of rotatable bonds is 9. The van der Waals surface area contributed by atoms with Crippen LogP contribution in [-0.4, -0.2) is 0 Å². The normalized spacial score (nSPS) is 13.6. The summed E-state index contributed by atoms with van der Waals surface area (Å²) >= 11 is 0. The highest BCUT2D eigenvalue weighted by Gasteiger charge is 2.46. The van der Waals surface area contributed by atoms with E-state index < -0.39 is 5.41 Å². The molecule has 2 aliphatic carbocycles. The van der Waals surface area contributed by atoms with Gasteiger partial charge in [0.25, 0.3) is 0 Å². The molecule has 0 atom stereocenters. The summed E-state index contributed by atoms with van der Waals surface area (Å²) in [6.07, 6.45) is 0. The summed E-state index contributed by atoms with van der Waals surface area (Å²) in [4.78, 5) is 4.83. The number of hydrogen-bond donors (Lipinski definition) is 0. The first-order valence-electron chi connectivity index (χ1n) is 25.3. The fourth-order valence-electron chi connectivity index (χ4n) is 12.4. The fourth-order valence-corrected chi connectivity index (χ4v) is 12.4. The summed E-state index contributed by atoms with van der Waals surface area (Å²) in [6.45, 7) is 4.71. The average molecular weight is 935 g/mol. The van der Waals surface area contributed by atoms with Crippen LogP contribution in [0.2, 0.25) is 0 Å². The van der Waals surface area contributed by atoms with Crippen LogP contribution in [0.3, 0.4) is 0 Å². The monoisotopic (exact) mass is 934 g/mol. The van der Waals surface area contributed by atoms with E-state index in [2.05, 4.69) is 285 Å². The minimum absolute atomic E-state index is 0.177. The van der Waals surface area contributed by atoms with Crippen molar-refractivity contribution in [2.24, 2.45) is 0 Å². The van der Waals surface area contributed by atoms with E-state index in [4.69, 9.17) is 4.42 Å². The molecule has 11 aromatic carbocycles. The van der Waals surface area contributed by atoms with E-state index in [-0.39, 0.29) is 5.41 Å². The molecule has 0 N–H and O–H groups in total. The largest absolute Gasteiger partial charge is 0.456 e. The van der Waals surface area contributed by atoms with E-state index in [0.717, 1.165) is 56.1 Å². The molecule has 0 amide bonds. The maximum atomic E-state index is 6.59. The van der Waals surface area contributed by atoms with E-state index >= 15 is 0 Å². The molecule has 0 bridgehead atoms. The first kappa shape index (κ1) is 42.7. The zero-order chi connectivity index (χ0) is 48.7. The first-order chi connectivity index (χ1) is 35.9. The molecule has 14 rings (SSSR count). The number of furan rings is 1. The van der Waals surface area contributed by atoms with Gasteiger partial charge in [-0.05, 0) is 140 Å². The van der Waals surface area contributed by atoms with Crippen molar-refractivity contribution in [3.63, 3.8) is 0 Å². The molecule has 12 aromatic rings. The molecule has 0 radical (unpaired) electrons. The summed E-state index contributed by atoms with van der Waals surface area (Å²) < 4.78 is 6.59. The Hall–Kier alpha value is -9.18. The van der Waals surface area contributed by atoms with Gasteiger partial charge in [-0.1, -0.05) is 202 Å². The van der Waals surface area contributed by atoms with Gasteiger partial charge in [0.15, 0.2) is 0 Å². The van der Waals surface area contributed by atoms with Gasteiger partial charge in [-0.15, -0.1) is 0 Å². The topological polar surface area (TPSA) is 19.6 Å². The van der Waals surface area contributed by atoms with Crippen LogP contribution in [0.25, 0.3) is 55.3 Å². The lowest BCUT2D eigenvalue weighted by Crippen LogP contribution is -2.28. The van der Waals surface area contributed by atoms with Crippen LogP contribution in [0.1, 0.15) is 47.2 Å². The molecule has 3 nitrogen and oxygen atoms in total. The Kier molecular flexibility index (Phi) is 9.78. The van der Waals surface area contributed by atoms with Crippen LogP contribution in [0, 0.1) is 0 Å². The molecule has 1 heterocycles. The molecule has 0 aliphatic heterocycles. The number of nitrogens with zero attached hydrogens (tertiary/aromatic N) is 2. The van der Waals surface area contributed by atoms with Crippen molar-refractivity contribution in [2.45, 2.75) is 24.7 Å². The minimum Gasteiger partial charge on any atom is -0.456 e. The summed E-state index contributed by atoms with van der Waals surface area (Å²) in [5.74, 6) is 0. The van der Waals surface area contributed by atoms with Gasteiger partial charge < -0.3 is 14.2 Å². The number of anilines is 6. The molecule has 0 spiro atoms. The molecular weight excluding hydrogens is 885 g/mol. The van der Waals surface area contributed by atoms with E-state index in [9.17, 15) is 0 Å². The van der Waals surface area contributed by atoms with E-state index in [1.54, 1.807) is 0 Å². The van der Waals surface area contributed by atoms with Gasteiger partial charge in [-0.3, -0.25) is 0 Å². The minimum atomic E-state index is -0.553. The summed E-state index contributed by atoms with van der Waals surface area (Å²) in [5.41, 5.74) is 22.5. The van der Waals surface area contributed by atoms with Gasteiger partial charge in [0.1, 0.15) is 11.2 Å². The Morgan fingerprint density at radius 2 is 0.753 bits per heavy atom. The SMILES string of the molecule is CC1(C)c2ccccc2-c2ccc(N(c3cccc(N(c4ccc(-c5ccccc5)cc4)c4cccc(C5(c6ccccc6)c6ccccc6-c6ccccc65)c4)c3)c3ccc4c(c3)oc3ccccc34)cc21. The standard InChI is InChI=1S/C70H50N2O/c1-69(2)63-31-13-9-27-57(63)60-41-39-55(45-66(60)69)72(56-40-42-62-61-30-12-16-34-67(61)73-68(62)46-56)54-26-18-25-53(44-54)71(51-37-35-48(36-38-51)47-19-5-3-6-20-47)52-24-17-23-50(43-52)70(49-21-7-4-8-22-49)64-32-14-10-28-58(64)59-29-11-15-33-65(59)70/h3-46H,1-2H3. The second kappa shape index (κ2) is 16.7. The molecule has 0 saturated carbocycles. The molecule has 0 saturated heterocycles. The van der Waals surface area contributed by atoms with Crippen molar-refractivity contribution < 1.29 is 4.42 Å². The first-order valence-corrected chi connectivity index (χ1v) is 25.3. The van der Waals surface area contributed by atoms with Crippen LogP contribution in [0.5, 0.6) is 0 Å². The molecule has 0 unspecified atom stereocenters. The van der Waals surface area contributed by atoms with Crippen molar-refractivity contribution in [1.29, 1.82) is 0 Å². The molecule has 1 aromatic heterocycles. The molecule has 73 heavy (non-hydrogen) atoms. The van der Waals surface area contributed by atoms with Gasteiger partial charge in [-0.25, -0.2) is 0 Å². The Morgan fingerprint density at radius 1 is 0.288 bits per heavy atom. The number of benzene rings is 11. The van der Waals surface area contributed by atoms with Crippen molar-refractivity contribution >= 4 is 56.1 Å². The highest BCUT2D eigenvalue weighted by molar-refractivity contribution is 6.06. The quantitative estimate of drug-likeness (QED) is 0.144. The predicted octanol–water partition coefficient (Wildman–Crippen LogP) is 18.9. The third kappa shape index (κ3) is 6.66. The lowest BCUT2D eigenvalue weighted by molar-refractivity contribution is 0.660.